The van der Waals surface area contributed by atoms with E-state index in [1.165, 1.54) is 12.1 Å². The number of hydrogen-bond acceptors (Lipinski definition) is 5. The topological polar surface area (TPSA) is 99.9 Å². The van der Waals surface area contributed by atoms with Crippen LogP contribution < -0.4 is 10.2 Å². The predicted octanol–water partition coefficient (Wildman–Crippen LogP) is 2.75. The zero-order chi connectivity index (χ0) is 19.8. The first-order valence-electron chi connectivity index (χ1n) is 8.86. The molecule has 2 aromatic heterocycles. The molecule has 4 aromatic rings. The number of aromatic nitrogens is 4. The average Bonchev–Trinajstić information content (AvgIpc) is 3.25. The van der Waals surface area contributed by atoms with Crippen LogP contribution in [0, 0.1) is 19.1 Å². The quantitative estimate of drug-likeness (QED) is 0.551. The number of amides is 1. The van der Waals surface area contributed by atoms with Crippen LogP contribution in [0.2, 0.25) is 0 Å². The van der Waals surface area contributed by atoms with Crippen LogP contribution in [0.3, 0.4) is 0 Å². The Morgan fingerprint density at radius 2 is 2.04 bits per heavy atom. The van der Waals surface area contributed by atoms with Gasteiger partial charge in [-0.1, -0.05) is 18.2 Å². The van der Waals surface area contributed by atoms with Crippen LogP contribution in [0.25, 0.3) is 16.7 Å². The Hall–Kier alpha value is -3.68. The minimum Gasteiger partial charge on any atom is -0.359 e. The molecule has 1 amide bonds. The lowest BCUT2D eigenvalue weighted by molar-refractivity contribution is -0.782. The van der Waals surface area contributed by atoms with Crippen LogP contribution in [0.4, 0.5) is 0 Å². The van der Waals surface area contributed by atoms with Gasteiger partial charge in [-0.15, -0.1) is 0 Å². The second kappa shape index (κ2) is 6.80. The van der Waals surface area contributed by atoms with E-state index in [0.717, 1.165) is 22.5 Å². The molecule has 2 aromatic carbocycles. The van der Waals surface area contributed by atoms with E-state index in [1.807, 2.05) is 49.7 Å². The Balaban J connectivity index is 1.57. The van der Waals surface area contributed by atoms with Crippen molar-refractivity contribution in [3.05, 3.63) is 76.3 Å². The lowest BCUT2D eigenvalue weighted by atomic mass is 10.1. The summed E-state index contributed by atoms with van der Waals surface area (Å²) < 4.78 is 6.42. The first kappa shape index (κ1) is 17.7. The van der Waals surface area contributed by atoms with Crippen molar-refractivity contribution in [1.82, 2.24) is 20.3 Å². The molecule has 142 valence electrons. The molecule has 0 aliphatic carbocycles. The number of nitrogens with zero attached hydrogens (tertiary/aromatic N) is 4. The lowest BCUT2D eigenvalue weighted by Gasteiger charge is -2.14. The minimum atomic E-state index is -0.266. The van der Waals surface area contributed by atoms with Crippen LogP contribution in [-0.4, -0.2) is 20.8 Å². The number of benzene rings is 2. The number of carbonyl (C=O) groups is 1. The van der Waals surface area contributed by atoms with Crippen molar-refractivity contribution < 1.29 is 14.3 Å². The summed E-state index contributed by atoms with van der Waals surface area (Å²) in [6.07, 6.45) is 1.77. The van der Waals surface area contributed by atoms with Gasteiger partial charge >= 0.3 is 0 Å². The summed E-state index contributed by atoms with van der Waals surface area (Å²) >= 11 is 0. The fraction of sp³-hybridized carbons (Fsp3) is 0.200. The van der Waals surface area contributed by atoms with Crippen LogP contribution in [0.15, 0.2) is 53.3 Å². The number of nitrogens with one attached hydrogen (secondary N) is 1. The van der Waals surface area contributed by atoms with Gasteiger partial charge in [-0.2, -0.15) is 5.10 Å². The third kappa shape index (κ3) is 2.98. The molecular weight excluding hydrogens is 358 g/mol. The number of rotatable bonds is 4. The van der Waals surface area contributed by atoms with Gasteiger partial charge in [0.15, 0.2) is 0 Å². The Labute approximate surface area is 160 Å². The number of aryl methyl sites for hydroxylation is 1. The van der Waals surface area contributed by atoms with E-state index < -0.39 is 0 Å². The molecule has 4 rings (SSSR count). The normalized spacial score (nSPS) is 12.2. The zero-order valence-corrected chi connectivity index (χ0v) is 15.7. The van der Waals surface area contributed by atoms with Gasteiger partial charge in [-0.25, -0.2) is 4.68 Å². The van der Waals surface area contributed by atoms with Crippen molar-refractivity contribution in [1.29, 1.82) is 0 Å². The second-order valence-electron chi connectivity index (χ2n) is 6.71. The number of para-hydroxylation sites is 1. The molecule has 28 heavy (non-hydrogen) atoms. The summed E-state index contributed by atoms with van der Waals surface area (Å²) in [5.74, 6) is -0.266. The molecule has 0 saturated carbocycles. The SMILES string of the molecule is Cc1ccccc1-n1ncc([C@H](C)NC(=O)c2ccc3c(c2)no[n+]3[O-])c1C. The average molecular weight is 377 g/mol. The van der Waals surface area contributed by atoms with Gasteiger partial charge in [0.2, 0.25) is 11.0 Å². The van der Waals surface area contributed by atoms with Gasteiger partial charge in [-0.05, 0) is 49.4 Å². The molecule has 0 radical (unpaired) electrons. The van der Waals surface area contributed by atoms with Gasteiger partial charge in [0.1, 0.15) is 0 Å². The zero-order valence-electron chi connectivity index (χ0n) is 15.7. The highest BCUT2D eigenvalue weighted by atomic mass is 16.8. The molecule has 0 aliphatic rings. The summed E-state index contributed by atoms with van der Waals surface area (Å²) in [6, 6.07) is 12.4. The number of fused-ring (bicyclic) bond motifs is 1. The molecule has 0 bridgehead atoms. The molecule has 1 N–H and O–H groups in total. The highest BCUT2D eigenvalue weighted by Gasteiger charge is 2.19. The van der Waals surface area contributed by atoms with Crippen LogP contribution in [0.5, 0.6) is 0 Å². The highest BCUT2D eigenvalue weighted by Crippen LogP contribution is 2.22. The Morgan fingerprint density at radius 3 is 2.82 bits per heavy atom. The Kier molecular flexibility index (Phi) is 4.31. The Bertz CT molecular complexity index is 1180. The monoisotopic (exact) mass is 377 g/mol. The molecule has 8 nitrogen and oxygen atoms in total. The molecule has 1 atom stereocenters. The predicted molar refractivity (Wildman–Crippen MR) is 102 cm³/mol. The standard InChI is InChI=1S/C20H19N5O3/c1-12-6-4-5-7-18(12)24-14(3)16(11-21-24)13(2)22-20(26)15-8-9-19-17(10-15)23-28-25(19)27/h4-11,13H,1-3H3,(H,22,26)/t13-/m0/s1. The number of carbonyl (C=O) groups excluding carboxylic acids is 1. The van der Waals surface area contributed by atoms with Crippen molar-refractivity contribution in [3.63, 3.8) is 0 Å². The molecule has 0 spiro atoms. The van der Waals surface area contributed by atoms with Gasteiger partial charge in [0.25, 0.3) is 5.91 Å². The largest absolute Gasteiger partial charge is 0.359 e. The summed E-state index contributed by atoms with van der Waals surface area (Å²) in [6.45, 7) is 5.92. The van der Waals surface area contributed by atoms with E-state index >= 15 is 0 Å². The first-order valence-corrected chi connectivity index (χ1v) is 8.86. The van der Waals surface area contributed by atoms with E-state index in [4.69, 9.17) is 0 Å². The number of hydrogen-bond donors (Lipinski definition) is 1. The molecule has 8 heteroatoms. The van der Waals surface area contributed by atoms with E-state index in [2.05, 4.69) is 20.2 Å². The fourth-order valence-electron chi connectivity index (χ4n) is 3.27. The molecule has 0 fully saturated rings. The van der Waals surface area contributed by atoms with Crippen molar-refractivity contribution in [2.75, 3.05) is 0 Å². The van der Waals surface area contributed by atoms with Gasteiger partial charge in [-0.3, -0.25) is 9.42 Å². The van der Waals surface area contributed by atoms with Crippen LogP contribution in [0.1, 0.15) is 40.1 Å². The summed E-state index contributed by atoms with van der Waals surface area (Å²) in [7, 11) is 0. The lowest BCUT2D eigenvalue weighted by Crippen LogP contribution is -2.27. The minimum absolute atomic E-state index is 0.247. The van der Waals surface area contributed by atoms with E-state index in [9.17, 15) is 10.0 Å². The van der Waals surface area contributed by atoms with Crippen molar-refractivity contribution in [3.8, 4) is 5.69 Å². The van der Waals surface area contributed by atoms with Gasteiger partial charge in [0, 0.05) is 28.0 Å². The third-order valence-corrected chi connectivity index (χ3v) is 4.85. The molecule has 0 aliphatic heterocycles. The summed E-state index contributed by atoms with van der Waals surface area (Å²) in [4.78, 5) is 12.9. The first-order chi connectivity index (χ1) is 13.5. The maximum Gasteiger partial charge on any atom is 0.251 e. The van der Waals surface area contributed by atoms with Crippen molar-refractivity contribution in [2.45, 2.75) is 26.8 Å². The molecule has 0 saturated heterocycles. The molecule has 0 unspecified atom stereocenters. The third-order valence-electron chi connectivity index (χ3n) is 4.85. The van der Waals surface area contributed by atoms with Gasteiger partial charge < -0.3 is 10.5 Å². The van der Waals surface area contributed by atoms with Crippen molar-refractivity contribution in [2.24, 2.45) is 0 Å². The van der Waals surface area contributed by atoms with E-state index in [0.29, 0.717) is 16.0 Å². The summed E-state index contributed by atoms with van der Waals surface area (Å²) in [5, 5.41) is 22.5. The maximum absolute atomic E-state index is 12.6. The smallest absolute Gasteiger partial charge is 0.251 e. The molecule has 2 heterocycles. The van der Waals surface area contributed by atoms with E-state index in [-0.39, 0.29) is 17.5 Å². The van der Waals surface area contributed by atoms with Crippen LogP contribution in [-0.2, 0) is 0 Å². The maximum atomic E-state index is 12.6. The van der Waals surface area contributed by atoms with Crippen LogP contribution >= 0.6 is 0 Å². The van der Waals surface area contributed by atoms with E-state index in [1.54, 1.807) is 12.3 Å². The van der Waals surface area contributed by atoms with Gasteiger partial charge in [0.05, 0.1) is 17.9 Å². The Morgan fingerprint density at radius 1 is 1.25 bits per heavy atom. The summed E-state index contributed by atoms with van der Waals surface area (Å²) in [5.41, 5.74) is 5.02. The van der Waals surface area contributed by atoms with Crippen molar-refractivity contribution >= 4 is 16.9 Å². The molecular formula is C20H19N5O3. The highest BCUT2D eigenvalue weighted by molar-refractivity contribution is 5.97. The second-order valence-corrected chi connectivity index (χ2v) is 6.71. The fourth-order valence-corrected chi connectivity index (χ4v) is 3.27.